The molecule has 0 bridgehead atoms. The second-order valence-corrected chi connectivity index (χ2v) is 4.88. The molecular weight excluding hydrogens is 326 g/mol. The third-order valence-corrected chi connectivity index (χ3v) is 3.09. The van der Waals surface area contributed by atoms with Gasteiger partial charge in [-0.25, -0.2) is 9.59 Å². The van der Waals surface area contributed by atoms with Crippen molar-refractivity contribution in [1.29, 1.82) is 0 Å². The molecule has 0 saturated carbocycles. The molecular formula is C16H10B2O7. The van der Waals surface area contributed by atoms with Gasteiger partial charge in [-0.1, -0.05) is 35.2 Å². The van der Waals surface area contributed by atoms with Gasteiger partial charge >= 0.3 is 11.9 Å². The molecule has 0 aliphatic heterocycles. The maximum absolute atomic E-state index is 11.7. The number of ether oxygens (including phenoxy) is 1. The van der Waals surface area contributed by atoms with Crippen LogP contribution in [0.3, 0.4) is 0 Å². The Morgan fingerprint density at radius 2 is 0.960 bits per heavy atom. The van der Waals surface area contributed by atoms with Crippen LogP contribution in [-0.4, -0.2) is 48.4 Å². The van der Waals surface area contributed by atoms with Gasteiger partial charge in [0.1, 0.15) is 0 Å². The quantitative estimate of drug-likeness (QED) is 0.589. The molecule has 0 saturated heterocycles. The fraction of sp³-hybridized carbons (Fsp3) is 0. The molecule has 0 aromatic heterocycles. The minimum absolute atomic E-state index is 0.0692. The lowest BCUT2D eigenvalue weighted by Crippen LogP contribution is -2.31. The van der Waals surface area contributed by atoms with Crippen molar-refractivity contribution in [2.24, 2.45) is 0 Å². The van der Waals surface area contributed by atoms with Gasteiger partial charge in [-0.2, -0.15) is 0 Å². The van der Waals surface area contributed by atoms with Gasteiger partial charge in [-0.3, -0.25) is 9.59 Å². The summed E-state index contributed by atoms with van der Waals surface area (Å²) in [4.78, 5) is 44.8. The third kappa shape index (κ3) is 5.35. The van der Waals surface area contributed by atoms with Gasteiger partial charge in [-0.15, -0.1) is 0 Å². The van der Waals surface area contributed by atoms with Crippen molar-refractivity contribution in [3.8, 4) is 0 Å². The third-order valence-electron chi connectivity index (χ3n) is 3.09. The fourth-order valence-electron chi connectivity index (χ4n) is 1.87. The van der Waals surface area contributed by atoms with E-state index in [0.29, 0.717) is 10.9 Å². The molecule has 2 aromatic carbocycles. The molecule has 0 aliphatic rings. The molecule has 0 spiro atoms. The zero-order valence-corrected chi connectivity index (χ0v) is 12.7. The van der Waals surface area contributed by atoms with E-state index in [-0.39, 0.29) is 11.1 Å². The monoisotopic (exact) mass is 336 g/mol. The number of hydrogen-bond acceptors (Lipinski definition) is 5. The van der Waals surface area contributed by atoms with Gasteiger partial charge in [0.15, 0.2) is 0 Å². The Hall–Kier alpha value is -3.35. The van der Waals surface area contributed by atoms with Crippen molar-refractivity contribution in [3.63, 3.8) is 0 Å². The van der Waals surface area contributed by atoms with Crippen LogP contribution in [0.4, 0.5) is 9.59 Å². The number of aromatic carboxylic acids is 2. The van der Waals surface area contributed by atoms with E-state index >= 15 is 0 Å². The standard InChI is InChI=1S/C16H10B2O7/c19-13(20)9-1-5-11(6-2-9)17-15(23)25-16(24)18-12-7-3-10(4-8-12)14(21)22/h1-8H,(H,19,20)(H,21,22). The van der Waals surface area contributed by atoms with Gasteiger partial charge in [0, 0.05) is 0 Å². The van der Waals surface area contributed by atoms with Gasteiger partial charge in [-0.05, 0) is 24.3 Å². The Morgan fingerprint density at radius 1 is 0.640 bits per heavy atom. The first kappa shape index (κ1) is 18.0. The number of carboxylic acids is 2. The molecule has 25 heavy (non-hydrogen) atoms. The average molecular weight is 336 g/mol. The van der Waals surface area contributed by atoms with E-state index in [0.717, 1.165) is 14.6 Å². The molecule has 0 aliphatic carbocycles. The Morgan fingerprint density at radius 3 is 1.24 bits per heavy atom. The fourth-order valence-corrected chi connectivity index (χ4v) is 1.87. The lowest BCUT2D eigenvalue weighted by molar-refractivity contribution is 0.0686. The average Bonchev–Trinajstić information content (AvgIpc) is 2.55. The molecule has 0 unspecified atom stereocenters. The van der Waals surface area contributed by atoms with Crippen molar-refractivity contribution >= 4 is 49.2 Å². The van der Waals surface area contributed by atoms with E-state index in [4.69, 9.17) is 10.2 Å². The largest absolute Gasteiger partial charge is 0.478 e. The van der Waals surface area contributed by atoms with Crippen LogP contribution >= 0.6 is 0 Å². The molecule has 0 atom stereocenters. The van der Waals surface area contributed by atoms with E-state index in [2.05, 4.69) is 4.74 Å². The number of carbonyl (C=O) groups is 4. The van der Waals surface area contributed by atoms with E-state index in [1.165, 1.54) is 48.5 Å². The van der Waals surface area contributed by atoms with Crippen molar-refractivity contribution in [3.05, 3.63) is 59.7 Å². The zero-order chi connectivity index (χ0) is 18.4. The highest BCUT2D eigenvalue weighted by Crippen LogP contribution is 1.98. The number of benzene rings is 2. The van der Waals surface area contributed by atoms with Crippen LogP contribution in [0, 0.1) is 0 Å². The number of hydrogen-bond donors (Lipinski definition) is 2. The van der Waals surface area contributed by atoms with Crippen LogP contribution < -0.4 is 10.9 Å². The number of carboxylic acid groups (broad SMARTS) is 2. The van der Waals surface area contributed by atoms with E-state index < -0.39 is 23.7 Å². The predicted octanol–water partition coefficient (Wildman–Crippen LogP) is 0.699. The van der Waals surface area contributed by atoms with Crippen molar-refractivity contribution < 1.29 is 34.1 Å². The first-order chi connectivity index (χ1) is 11.8. The molecule has 7 nitrogen and oxygen atoms in total. The summed E-state index contributed by atoms with van der Waals surface area (Å²) < 4.78 is 4.59. The summed E-state index contributed by atoms with van der Waals surface area (Å²) in [5, 5.41) is 17.6. The molecule has 122 valence electrons. The van der Waals surface area contributed by atoms with Crippen LogP contribution in [0.2, 0.25) is 0 Å². The van der Waals surface area contributed by atoms with Crippen LogP contribution in [0.15, 0.2) is 48.5 Å². The molecule has 0 fully saturated rings. The molecule has 2 aromatic rings. The Bertz CT molecular complexity index is 744. The summed E-state index contributed by atoms with van der Waals surface area (Å²) in [5.41, 5.74) is 0.904. The second kappa shape index (κ2) is 7.96. The molecule has 2 radical (unpaired) electrons. The minimum atomic E-state index is -1.09. The summed E-state index contributed by atoms with van der Waals surface area (Å²) in [7, 11) is 2.09. The van der Waals surface area contributed by atoms with E-state index in [1.807, 2.05) is 0 Å². The molecule has 0 heterocycles. The highest BCUT2D eigenvalue weighted by atomic mass is 16.6. The normalized spacial score (nSPS) is 9.76. The van der Waals surface area contributed by atoms with Gasteiger partial charge in [0.25, 0.3) is 26.3 Å². The van der Waals surface area contributed by atoms with E-state index in [1.54, 1.807) is 0 Å². The highest BCUT2D eigenvalue weighted by Gasteiger charge is 2.15. The lowest BCUT2D eigenvalue weighted by Gasteiger charge is -2.03. The maximum Gasteiger partial charge on any atom is 0.335 e. The van der Waals surface area contributed by atoms with Crippen molar-refractivity contribution in [2.75, 3.05) is 0 Å². The van der Waals surface area contributed by atoms with Crippen LogP contribution in [-0.2, 0) is 4.74 Å². The molecule has 2 N–H and O–H groups in total. The highest BCUT2D eigenvalue weighted by molar-refractivity contribution is 6.87. The smallest absolute Gasteiger partial charge is 0.335 e. The summed E-state index contributed by atoms with van der Waals surface area (Å²) in [6.45, 7) is 0. The van der Waals surface area contributed by atoms with Gasteiger partial charge < -0.3 is 14.9 Å². The SMILES string of the molecule is O=C([B]c1ccc(C(=O)O)cc1)OC(=O)[B]c1ccc(C(=O)O)cc1. The minimum Gasteiger partial charge on any atom is -0.478 e. The number of carbonyl (C=O) groups excluding carboxylic acids is 2. The van der Waals surface area contributed by atoms with Gasteiger partial charge in [0.2, 0.25) is 0 Å². The first-order valence-electron chi connectivity index (χ1n) is 6.97. The van der Waals surface area contributed by atoms with E-state index in [9.17, 15) is 19.2 Å². The number of rotatable bonds is 6. The summed E-state index contributed by atoms with van der Waals surface area (Å²) in [6.07, 6.45) is 0. The topological polar surface area (TPSA) is 118 Å². The maximum atomic E-state index is 11.7. The summed E-state index contributed by atoms with van der Waals surface area (Å²) in [5.74, 6) is -4.00. The summed E-state index contributed by atoms with van der Waals surface area (Å²) >= 11 is 0. The van der Waals surface area contributed by atoms with Crippen LogP contribution in [0.5, 0.6) is 0 Å². The molecule has 9 heteroatoms. The van der Waals surface area contributed by atoms with Gasteiger partial charge in [0.05, 0.1) is 11.1 Å². The Balaban J connectivity index is 1.88. The van der Waals surface area contributed by atoms with Crippen molar-refractivity contribution in [1.82, 2.24) is 0 Å². The predicted molar refractivity (Wildman–Crippen MR) is 89.5 cm³/mol. The summed E-state index contributed by atoms with van der Waals surface area (Å²) in [6, 6.07) is 10.9. The molecule has 2 rings (SSSR count). The lowest BCUT2D eigenvalue weighted by atomic mass is 9.68. The Kier molecular flexibility index (Phi) is 5.73. The second-order valence-electron chi connectivity index (χ2n) is 4.88. The van der Waals surface area contributed by atoms with Crippen molar-refractivity contribution in [2.45, 2.75) is 0 Å². The zero-order valence-electron chi connectivity index (χ0n) is 12.7. The first-order valence-corrected chi connectivity index (χ1v) is 6.97. The van der Waals surface area contributed by atoms with Crippen LogP contribution in [0.25, 0.3) is 0 Å². The Labute approximate surface area is 143 Å². The van der Waals surface area contributed by atoms with Crippen LogP contribution in [0.1, 0.15) is 20.7 Å². The molecule has 0 amide bonds.